The van der Waals surface area contributed by atoms with E-state index in [1.54, 1.807) is 0 Å². The maximum absolute atomic E-state index is 3.48. The van der Waals surface area contributed by atoms with Crippen molar-refractivity contribution in [3.05, 3.63) is 0 Å². The molecule has 1 aliphatic carbocycles. The Kier molecular flexibility index (Phi) is 4.94. The van der Waals surface area contributed by atoms with Gasteiger partial charge in [-0.25, -0.2) is 0 Å². The molecular weight excluding hydrogens is 170 g/mol. The molecule has 0 spiro atoms. The second-order valence-corrected chi connectivity index (χ2v) is 5.23. The van der Waals surface area contributed by atoms with Gasteiger partial charge in [0, 0.05) is 6.04 Å². The Balaban J connectivity index is 2.46. The van der Waals surface area contributed by atoms with Crippen LogP contribution in [0, 0.1) is 17.8 Å². The molecule has 1 heteroatoms. The Morgan fingerprint density at radius 3 is 2.36 bits per heavy atom. The second kappa shape index (κ2) is 5.75. The van der Waals surface area contributed by atoms with Crippen LogP contribution >= 0.6 is 0 Å². The Labute approximate surface area is 89.7 Å². The van der Waals surface area contributed by atoms with Gasteiger partial charge in [0.1, 0.15) is 0 Å². The molecule has 0 heterocycles. The smallest absolute Gasteiger partial charge is 0.00898 e. The fourth-order valence-corrected chi connectivity index (χ4v) is 3.01. The highest BCUT2D eigenvalue weighted by Crippen LogP contribution is 2.35. The molecule has 0 aromatic carbocycles. The van der Waals surface area contributed by atoms with E-state index in [0.29, 0.717) is 0 Å². The predicted molar refractivity (Wildman–Crippen MR) is 63.4 cm³/mol. The van der Waals surface area contributed by atoms with Gasteiger partial charge in [0.15, 0.2) is 0 Å². The molecule has 3 unspecified atom stereocenters. The average molecular weight is 197 g/mol. The Hall–Kier alpha value is -0.0400. The van der Waals surface area contributed by atoms with Crippen molar-refractivity contribution in [2.24, 2.45) is 17.8 Å². The minimum absolute atomic E-state index is 0.761. The third kappa shape index (κ3) is 2.98. The molecule has 3 atom stereocenters. The van der Waals surface area contributed by atoms with Crippen molar-refractivity contribution >= 4 is 0 Å². The summed E-state index contributed by atoms with van der Waals surface area (Å²) in [6, 6.07) is 0.761. The van der Waals surface area contributed by atoms with E-state index >= 15 is 0 Å². The molecule has 1 saturated carbocycles. The SMILES string of the molecule is CCC(NC)C1CCCC(C(C)C)C1. The van der Waals surface area contributed by atoms with E-state index in [9.17, 15) is 0 Å². The first kappa shape index (κ1) is 12.0. The van der Waals surface area contributed by atoms with Crippen LogP contribution in [0.1, 0.15) is 52.9 Å². The molecule has 1 nitrogen and oxygen atoms in total. The zero-order chi connectivity index (χ0) is 10.6. The predicted octanol–water partition coefficient (Wildman–Crippen LogP) is 3.45. The molecule has 0 saturated heterocycles. The van der Waals surface area contributed by atoms with Crippen molar-refractivity contribution in [1.82, 2.24) is 5.32 Å². The summed E-state index contributed by atoms with van der Waals surface area (Å²) in [7, 11) is 2.12. The lowest BCUT2D eigenvalue weighted by Crippen LogP contribution is -2.36. The van der Waals surface area contributed by atoms with Crippen LogP contribution in [0.15, 0.2) is 0 Å². The van der Waals surface area contributed by atoms with Gasteiger partial charge in [-0.1, -0.05) is 33.6 Å². The second-order valence-electron chi connectivity index (χ2n) is 5.23. The third-order valence-corrected chi connectivity index (χ3v) is 4.08. The van der Waals surface area contributed by atoms with Crippen molar-refractivity contribution in [2.75, 3.05) is 7.05 Å². The van der Waals surface area contributed by atoms with Crippen LogP contribution in [0.4, 0.5) is 0 Å². The molecule has 0 amide bonds. The molecule has 0 radical (unpaired) electrons. The largest absolute Gasteiger partial charge is 0.317 e. The van der Waals surface area contributed by atoms with Gasteiger partial charge < -0.3 is 5.32 Å². The average Bonchev–Trinajstić information content (AvgIpc) is 2.20. The maximum atomic E-state index is 3.48. The summed E-state index contributed by atoms with van der Waals surface area (Å²) in [5.74, 6) is 2.80. The number of rotatable bonds is 4. The Morgan fingerprint density at radius 2 is 1.86 bits per heavy atom. The standard InChI is InChI=1S/C13H27N/c1-5-13(14-4)12-8-6-7-11(9-12)10(2)3/h10-14H,5-9H2,1-4H3. The summed E-state index contributed by atoms with van der Waals surface area (Å²) in [6.07, 6.45) is 7.10. The minimum atomic E-state index is 0.761. The zero-order valence-corrected chi connectivity index (χ0v) is 10.3. The number of hydrogen-bond donors (Lipinski definition) is 1. The summed E-state index contributed by atoms with van der Waals surface area (Å²) < 4.78 is 0. The van der Waals surface area contributed by atoms with Crippen LogP contribution in [-0.4, -0.2) is 13.1 Å². The van der Waals surface area contributed by atoms with Crippen LogP contribution in [-0.2, 0) is 0 Å². The topological polar surface area (TPSA) is 12.0 Å². The van der Waals surface area contributed by atoms with Gasteiger partial charge >= 0.3 is 0 Å². The van der Waals surface area contributed by atoms with Crippen molar-refractivity contribution < 1.29 is 0 Å². The van der Waals surface area contributed by atoms with Crippen LogP contribution in [0.5, 0.6) is 0 Å². The van der Waals surface area contributed by atoms with Gasteiger partial charge in [-0.05, 0) is 44.1 Å². The third-order valence-electron chi connectivity index (χ3n) is 4.08. The molecule has 0 aromatic rings. The summed E-state index contributed by atoms with van der Waals surface area (Å²) in [4.78, 5) is 0. The summed E-state index contributed by atoms with van der Waals surface area (Å²) in [6.45, 7) is 7.07. The van der Waals surface area contributed by atoms with Crippen LogP contribution in [0.2, 0.25) is 0 Å². The maximum Gasteiger partial charge on any atom is 0.00898 e. The van der Waals surface area contributed by atoms with E-state index in [2.05, 4.69) is 33.1 Å². The molecule has 0 bridgehead atoms. The van der Waals surface area contributed by atoms with E-state index in [1.165, 1.54) is 32.1 Å². The molecular formula is C13H27N. The van der Waals surface area contributed by atoms with Crippen molar-refractivity contribution in [3.63, 3.8) is 0 Å². The highest BCUT2D eigenvalue weighted by molar-refractivity contribution is 4.82. The molecule has 1 fully saturated rings. The fraction of sp³-hybridized carbons (Fsp3) is 1.00. The molecule has 14 heavy (non-hydrogen) atoms. The van der Waals surface area contributed by atoms with Crippen molar-refractivity contribution in [3.8, 4) is 0 Å². The summed E-state index contributed by atoms with van der Waals surface area (Å²) >= 11 is 0. The Morgan fingerprint density at radius 1 is 1.21 bits per heavy atom. The summed E-state index contributed by atoms with van der Waals surface area (Å²) in [5.41, 5.74) is 0. The monoisotopic (exact) mass is 197 g/mol. The van der Waals surface area contributed by atoms with Crippen molar-refractivity contribution in [1.29, 1.82) is 0 Å². The number of hydrogen-bond acceptors (Lipinski definition) is 1. The van der Waals surface area contributed by atoms with E-state index in [0.717, 1.165) is 23.8 Å². The first-order chi connectivity index (χ1) is 6.69. The fourth-order valence-electron chi connectivity index (χ4n) is 3.01. The minimum Gasteiger partial charge on any atom is -0.317 e. The zero-order valence-electron chi connectivity index (χ0n) is 10.3. The molecule has 1 N–H and O–H groups in total. The van der Waals surface area contributed by atoms with Gasteiger partial charge in [-0.2, -0.15) is 0 Å². The Bertz CT molecular complexity index is 149. The van der Waals surface area contributed by atoms with Gasteiger partial charge in [0.25, 0.3) is 0 Å². The van der Waals surface area contributed by atoms with Gasteiger partial charge in [-0.15, -0.1) is 0 Å². The normalized spacial score (nSPS) is 30.6. The lowest BCUT2D eigenvalue weighted by atomic mass is 9.73. The molecule has 84 valence electrons. The van der Waals surface area contributed by atoms with Gasteiger partial charge in [0.2, 0.25) is 0 Å². The lowest BCUT2D eigenvalue weighted by Gasteiger charge is -2.35. The van der Waals surface area contributed by atoms with E-state index in [4.69, 9.17) is 0 Å². The highest BCUT2D eigenvalue weighted by Gasteiger charge is 2.27. The molecule has 1 rings (SSSR count). The first-order valence-electron chi connectivity index (χ1n) is 6.36. The quantitative estimate of drug-likeness (QED) is 0.728. The van der Waals surface area contributed by atoms with Gasteiger partial charge in [-0.3, -0.25) is 0 Å². The number of nitrogens with one attached hydrogen (secondary N) is 1. The van der Waals surface area contributed by atoms with E-state index in [1.807, 2.05) is 0 Å². The summed E-state index contributed by atoms with van der Waals surface area (Å²) in [5, 5.41) is 3.48. The van der Waals surface area contributed by atoms with Crippen molar-refractivity contribution in [2.45, 2.75) is 58.9 Å². The lowest BCUT2D eigenvalue weighted by molar-refractivity contribution is 0.178. The van der Waals surface area contributed by atoms with E-state index in [-0.39, 0.29) is 0 Å². The van der Waals surface area contributed by atoms with Crippen LogP contribution in [0.25, 0.3) is 0 Å². The van der Waals surface area contributed by atoms with Crippen LogP contribution < -0.4 is 5.32 Å². The van der Waals surface area contributed by atoms with Gasteiger partial charge in [0.05, 0.1) is 0 Å². The first-order valence-corrected chi connectivity index (χ1v) is 6.36. The highest BCUT2D eigenvalue weighted by atomic mass is 14.9. The van der Waals surface area contributed by atoms with E-state index < -0.39 is 0 Å². The molecule has 1 aliphatic rings. The molecule has 0 aliphatic heterocycles. The van der Waals surface area contributed by atoms with Crippen LogP contribution in [0.3, 0.4) is 0 Å². The molecule has 0 aromatic heterocycles.